The summed E-state index contributed by atoms with van der Waals surface area (Å²) in [6.07, 6.45) is 0. The van der Waals surface area contributed by atoms with Gasteiger partial charge in [-0.2, -0.15) is 5.26 Å². The zero-order valence-electron chi connectivity index (χ0n) is 11.8. The summed E-state index contributed by atoms with van der Waals surface area (Å²) in [6.45, 7) is 4.09. The number of benzene rings is 2. The van der Waals surface area contributed by atoms with Crippen molar-refractivity contribution in [3.63, 3.8) is 0 Å². The molecule has 0 spiro atoms. The van der Waals surface area contributed by atoms with E-state index in [2.05, 4.69) is 11.4 Å². The minimum atomic E-state index is -0.448. The Balaban J connectivity index is 2.41. The largest absolute Gasteiger partial charge is 0.349 e. The smallest absolute Gasteiger partial charge is 0.292 e. The number of hydrogen-bond acceptors (Lipinski definition) is 4. The molecule has 5 heteroatoms. The van der Waals surface area contributed by atoms with E-state index in [-0.39, 0.29) is 5.69 Å². The predicted molar refractivity (Wildman–Crippen MR) is 81.6 cm³/mol. The molecule has 0 saturated carbocycles. The second kappa shape index (κ2) is 6.06. The molecule has 106 valence electrons. The van der Waals surface area contributed by atoms with Crippen molar-refractivity contribution in [1.29, 1.82) is 5.26 Å². The van der Waals surface area contributed by atoms with Gasteiger partial charge in [0.2, 0.25) is 0 Å². The van der Waals surface area contributed by atoms with Gasteiger partial charge in [0.1, 0.15) is 11.8 Å². The van der Waals surface area contributed by atoms with Gasteiger partial charge in [0.15, 0.2) is 0 Å². The first-order chi connectivity index (χ1) is 10.0. The lowest BCUT2D eigenvalue weighted by Gasteiger charge is -2.11. The van der Waals surface area contributed by atoms with Gasteiger partial charge in [-0.3, -0.25) is 10.1 Å². The number of nitriles is 1. The van der Waals surface area contributed by atoms with Crippen LogP contribution in [0, 0.1) is 21.4 Å². The van der Waals surface area contributed by atoms with Crippen LogP contribution < -0.4 is 5.32 Å². The van der Waals surface area contributed by atoms with Gasteiger partial charge in [-0.1, -0.05) is 32.0 Å². The lowest BCUT2D eigenvalue weighted by molar-refractivity contribution is -0.383. The molecule has 2 aromatic carbocycles. The molecule has 0 aliphatic carbocycles. The third-order valence-electron chi connectivity index (χ3n) is 3.20. The third kappa shape index (κ3) is 3.18. The van der Waals surface area contributed by atoms with Crippen molar-refractivity contribution in [3.05, 3.63) is 63.7 Å². The van der Waals surface area contributed by atoms with Crippen molar-refractivity contribution in [1.82, 2.24) is 0 Å². The molecular formula is C16H15N3O2. The maximum atomic E-state index is 11.0. The van der Waals surface area contributed by atoms with Crippen LogP contribution in [0.5, 0.6) is 0 Å². The zero-order chi connectivity index (χ0) is 15.4. The zero-order valence-corrected chi connectivity index (χ0v) is 11.8. The Labute approximate surface area is 123 Å². The van der Waals surface area contributed by atoms with Crippen LogP contribution in [0.3, 0.4) is 0 Å². The van der Waals surface area contributed by atoms with Crippen molar-refractivity contribution in [3.8, 4) is 6.07 Å². The van der Waals surface area contributed by atoms with Gasteiger partial charge in [-0.15, -0.1) is 0 Å². The Morgan fingerprint density at radius 2 is 1.90 bits per heavy atom. The lowest BCUT2D eigenvalue weighted by atomic mass is 10.00. The summed E-state index contributed by atoms with van der Waals surface area (Å²) in [5, 5.41) is 23.2. The summed E-state index contributed by atoms with van der Waals surface area (Å²) in [5.74, 6) is 0.317. The number of hydrogen-bond donors (Lipinski definition) is 1. The van der Waals surface area contributed by atoms with Crippen molar-refractivity contribution >= 4 is 17.1 Å². The molecule has 0 unspecified atom stereocenters. The molecule has 1 N–H and O–H groups in total. The number of nitro groups is 1. The number of nitrogens with zero attached hydrogens (tertiary/aromatic N) is 2. The van der Waals surface area contributed by atoms with E-state index in [4.69, 9.17) is 0 Å². The van der Waals surface area contributed by atoms with Crippen molar-refractivity contribution in [2.75, 3.05) is 5.32 Å². The summed E-state index contributed by atoms with van der Waals surface area (Å²) < 4.78 is 0. The molecule has 0 saturated heterocycles. The van der Waals surface area contributed by atoms with Crippen LogP contribution in [-0.2, 0) is 0 Å². The summed E-state index contributed by atoms with van der Waals surface area (Å²) in [5.41, 5.74) is 2.45. The van der Waals surface area contributed by atoms with Crippen LogP contribution in [0.25, 0.3) is 0 Å². The fraction of sp³-hybridized carbons (Fsp3) is 0.188. The van der Waals surface area contributed by atoms with Crippen LogP contribution in [0.15, 0.2) is 42.5 Å². The maximum Gasteiger partial charge on any atom is 0.292 e. The van der Waals surface area contributed by atoms with E-state index in [0.29, 0.717) is 22.9 Å². The highest BCUT2D eigenvalue weighted by atomic mass is 16.6. The fourth-order valence-corrected chi connectivity index (χ4v) is 2.01. The Hall–Kier alpha value is -2.87. The van der Waals surface area contributed by atoms with Gasteiger partial charge >= 0.3 is 0 Å². The quantitative estimate of drug-likeness (QED) is 0.668. The lowest BCUT2D eigenvalue weighted by Crippen LogP contribution is -1.99. The number of nitrogens with one attached hydrogen (secondary N) is 1. The minimum Gasteiger partial charge on any atom is -0.349 e. The molecule has 0 radical (unpaired) electrons. The molecule has 0 atom stereocenters. The van der Waals surface area contributed by atoms with Gasteiger partial charge in [-0.25, -0.2) is 0 Å². The predicted octanol–water partition coefficient (Wildman–Crippen LogP) is 4.33. The molecule has 2 aromatic rings. The molecule has 0 bridgehead atoms. The van der Waals surface area contributed by atoms with Gasteiger partial charge < -0.3 is 5.32 Å². The molecule has 0 aliphatic rings. The molecule has 0 amide bonds. The molecule has 2 rings (SSSR count). The van der Waals surface area contributed by atoms with E-state index in [9.17, 15) is 15.4 Å². The average molecular weight is 281 g/mol. The standard InChI is InChI=1S/C16H15N3O2/c1-11(2)12-7-8-14(13(9-12)10-17)18-15-5-3-4-6-16(15)19(20)21/h3-9,11,18H,1-2H3. The van der Waals surface area contributed by atoms with Crippen LogP contribution in [0.2, 0.25) is 0 Å². The molecule has 0 aliphatic heterocycles. The fourth-order valence-electron chi connectivity index (χ4n) is 2.01. The summed E-state index contributed by atoms with van der Waals surface area (Å²) in [7, 11) is 0. The summed E-state index contributed by atoms with van der Waals surface area (Å²) in [4.78, 5) is 10.6. The van der Waals surface area contributed by atoms with Crippen LogP contribution in [0.4, 0.5) is 17.1 Å². The van der Waals surface area contributed by atoms with Crippen LogP contribution in [-0.4, -0.2) is 4.92 Å². The SMILES string of the molecule is CC(C)c1ccc(Nc2ccccc2[N+](=O)[O-])c(C#N)c1. The van der Waals surface area contributed by atoms with Gasteiger partial charge in [-0.05, 0) is 29.7 Å². The highest BCUT2D eigenvalue weighted by molar-refractivity contribution is 5.73. The third-order valence-corrected chi connectivity index (χ3v) is 3.20. The molecular weight excluding hydrogens is 266 g/mol. The Kier molecular flexibility index (Phi) is 4.19. The monoisotopic (exact) mass is 281 g/mol. The molecule has 21 heavy (non-hydrogen) atoms. The van der Waals surface area contributed by atoms with E-state index in [1.165, 1.54) is 6.07 Å². The molecule has 5 nitrogen and oxygen atoms in total. The topological polar surface area (TPSA) is 79.0 Å². The van der Waals surface area contributed by atoms with Gasteiger partial charge in [0.25, 0.3) is 5.69 Å². The highest BCUT2D eigenvalue weighted by Gasteiger charge is 2.14. The minimum absolute atomic E-state index is 0.0191. The van der Waals surface area contributed by atoms with E-state index in [0.717, 1.165) is 5.56 Å². The molecule has 0 fully saturated rings. The highest BCUT2D eigenvalue weighted by Crippen LogP contribution is 2.29. The number of anilines is 2. The van der Waals surface area contributed by atoms with Gasteiger partial charge in [0.05, 0.1) is 16.2 Å². The van der Waals surface area contributed by atoms with E-state index >= 15 is 0 Å². The first kappa shape index (κ1) is 14.5. The Morgan fingerprint density at radius 1 is 1.19 bits per heavy atom. The second-order valence-corrected chi connectivity index (χ2v) is 4.97. The first-order valence-electron chi connectivity index (χ1n) is 6.57. The van der Waals surface area contributed by atoms with Crippen molar-refractivity contribution in [2.45, 2.75) is 19.8 Å². The summed E-state index contributed by atoms with van der Waals surface area (Å²) >= 11 is 0. The second-order valence-electron chi connectivity index (χ2n) is 4.97. The van der Waals surface area contributed by atoms with Crippen LogP contribution in [0.1, 0.15) is 30.9 Å². The van der Waals surface area contributed by atoms with E-state index in [1.54, 1.807) is 24.3 Å². The molecule has 0 heterocycles. The number of nitro benzene ring substituents is 1. The number of rotatable bonds is 4. The van der Waals surface area contributed by atoms with E-state index in [1.807, 2.05) is 26.0 Å². The number of para-hydroxylation sites is 2. The Morgan fingerprint density at radius 3 is 2.52 bits per heavy atom. The van der Waals surface area contributed by atoms with Crippen LogP contribution >= 0.6 is 0 Å². The first-order valence-corrected chi connectivity index (χ1v) is 6.57. The maximum absolute atomic E-state index is 11.0. The van der Waals surface area contributed by atoms with Crippen molar-refractivity contribution < 1.29 is 4.92 Å². The average Bonchev–Trinajstić information content (AvgIpc) is 2.47. The molecule has 0 aromatic heterocycles. The Bertz CT molecular complexity index is 718. The van der Waals surface area contributed by atoms with E-state index < -0.39 is 4.92 Å². The van der Waals surface area contributed by atoms with Gasteiger partial charge in [0, 0.05) is 6.07 Å². The normalized spacial score (nSPS) is 10.2. The summed E-state index contributed by atoms with van der Waals surface area (Å²) in [6, 6.07) is 14.0. The van der Waals surface area contributed by atoms with Crippen molar-refractivity contribution in [2.24, 2.45) is 0 Å².